The van der Waals surface area contributed by atoms with Crippen molar-refractivity contribution in [1.82, 2.24) is 0 Å². The average molecular weight is 581 g/mol. The number of hydrogen-bond acceptors (Lipinski definition) is 0. The van der Waals surface area contributed by atoms with Crippen molar-refractivity contribution in [3.63, 3.8) is 0 Å². The minimum Gasteiger partial charge on any atom is -0.0622 e. The normalized spacial score (nSPS) is 20.4. The van der Waals surface area contributed by atoms with Gasteiger partial charge in [-0.2, -0.15) is 0 Å². The van der Waals surface area contributed by atoms with Crippen LogP contribution in [0.25, 0.3) is 98.0 Å². The minimum atomic E-state index is -1.07. The second kappa shape index (κ2) is 8.89. The molecule has 0 aliphatic rings. The Kier molecular flexibility index (Phi) is 2.00. The van der Waals surface area contributed by atoms with Gasteiger partial charge in [0.05, 0.1) is 35.6 Å². The zero-order chi connectivity index (χ0) is 51.4. The highest BCUT2D eigenvalue weighted by Gasteiger charge is 2.14. The molecule has 0 spiro atoms. The lowest BCUT2D eigenvalue weighted by atomic mass is 9.88. The summed E-state index contributed by atoms with van der Waals surface area (Å²) < 4.78 is 235. The van der Waals surface area contributed by atoms with Gasteiger partial charge in [-0.25, -0.2) is 0 Å². The van der Waals surface area contributed by atoms with E-state index in [4.69, 9.17) is 26.0 Å². The topological polar surface area (TPSA) is 0 Å². The van der Waals surface area contributed by atoms with E-state index < -0.39 is 234 Å². The van der Waals surface area contributed by atoms with Crippen LogP contribution in [0.1, 0.15) is 35.6 Å². The molecular formula is C44H26. The minimum absolute atomic E-state index is 0.258. The Bertz CT molecular complexity index is 3740. The summed E-state index contributed by atoms with van der Waals surface area (Å²) in [6.07, 6.45) is 0. The van der Waals surface area contributed by atoms with Crippen LogP contribution in [0.3, 0.4) is 0 Å². The molecule has 44 heavy (non-hydrogen) atoms. The Hall–Kier alpha value is -5.72. The molecular weight excluding hydrogens is 528 g/mol. The van der Waals surface area contributed by atoms with Gasteiger partial charge in [0.2, 0.25) is 0 Å². The molecule has 10 rings (SSSR count). The summed E-state index contributed by atoms with van der Waals surface area (Å²) in [6.45, 7) is 0. The molecule has 0 fully saturated rings. The first-order valence-corrected chi connectivity index (χ1v) is 13.2. The van der Waals surface area contributed by atoms with Gasteiger partial charge in [-0.05, 0) is 140 Å². The van der Waals surface area contributed by atoms with Gasteiger partial charge < -0.3 is 0 Å². The SMILES string of the molecule is [2H]c1c([2H])c([2H])c(-c2c([2H])c(-c3c([2H])c4c([2H])c([2H])c5c([2H])c([2H])c([2H])c6c([2H])c([2H])c(c3[2H])c4c56)c([2H])c(-c3c([2H])c4c([2H])c([2H])c5c([2H])c([2H])c([2H])c6c([2H])c([2H])c(c3[2H])c4c56)c2[2H])c([2H])c1[2H]. The third-order valence-corrected chi connectivity index (χ3v) is 7.50. The molecule has 0 saturated heterocycles. The molecule has 0 amide bonds. The maximum absolute atomic E-state index is 9.89. The molecule has 0 unspecified atom stereocenters. The third kappa shape index (κ3) is 3.46. The van der Waals surface area contributed by atoms with E-state index >= 15 is 0 Å². The first kappa shape index (κ1) is 9.91. The van der Waals surface area contributed by atoms with Crippen molar-refractivity contribution >= 4 is 64.6 Å². The highest BCUT2D eigenvalue weighted by molar-refractivity contribution is 6.25. The van der Waals surface area contributed by atoms with E-state index in [0.717, 1.165) is 0 Å². The Balaban J connectivity index is 1.49. The monoisotopic (exact) mass is 580 g/mol. The molecule has 0 heterocycles. The van der Waals surface area contributed by atoms with Crippen LogP contribution in [0, 0.1) is 0 Å². The predicted molar refractivity (Wildman–Crippen MR) is 190 cm³/mol. The van der Waals surface area contributed by atoms with Gasteiger partial charge >= 0.3 is 0 Å². The summed E-state index contributed by atoms with van der Waals surface area (Å²) in [4.78, 5) is 0. The lowest BCUT2D eigenvalue weighted by Crippen LogP contribution is -1.89. The van der Waals surface area contributed by atoms with E-state index in [-0.39, 0.29) is 21.5 Å². The average Bonchev–Trinajstić information content (AvgIpc) is 3.30. The zero-order valence-corrected chi connectivity index (χ0v) is 22.0. The first-order chi connectivity index (χ1) is 32.7. The molecule has 202 valence electrons. The summed E-state index contributed by atoms with van der Waals surface area (Å²) >= 11 is 0. The summed E-state index contributed by atoms with van der Waals surface area (Å²) in [5, 5.41) is -4.86. The van der Waals surface area contributed by atoms with Gasteiger partial charge in [0.15, 0.2) is 0 Å². The molecule has 0 aliphatic carbocycles. The quantitative estimate of drug-likeness (QED) is 0.182. The molecule has 0 radical (unpaired) electrons. The lowest BCUT2D eigenvalue weighted by molar-refractivity contribution is 1.59. The highest BCUT2D eigenvalue weighted by atomic mass is 14.2. The van der Waals surface area contributed by atoms with Crippen molar-refractivity contribution in [1.29, 1.82) is 0 Å². The molecule has 0 atom stereocenters. The van der Waals surface area contributed by atoms with Crippen LogP contribution >= 0.6 is 0 Å². The highest BCUT2D eigenvalue weighted by Crippen LogP contribution is 2.41. The van der Waals surface area contributed by atoms with Crippen LogP contribution < -0.4 is 0 Å². The van der Waals surface area contributed by atoms with E-state index in [0.29, 0.717) is 0 Å². The molecule has 0 aliphatic heterocycles. The van der Waals surface area contributed by atoms with Gasteiger partial charge in [0.1, 0.15) is 0 Å². The van der Waals surface area contributed by atoms with Crippen molar-refractivity contribution in [2.75, 3.05) is 0 Å². The van der Waals surface area contributed by atoms with Gasteiger partial charge in [0, 0.05) is 0 Å². The van der Waals surface area contributed by atoms with Crippen LogP contribution in [0.15, 0.2) is 157 Å². The number of hydrogen-bond donors (Lipinski definition) is 0. The number of rotatable bonds is 3. The molecule has 0 nitrogen and oxygen atoms in total. The largest absolute Gasteiger partial charge is 0.0636 e. The predicted octanol–water partition coefficient (Wildman–Crippen LogP) is 12.5. The summed E-state index contributed by atoms with van der Waals surface area (Å²) in [5.41, 5.74) is -5.11. The van der Waals surface area contributed by atoms with Gasteiger partial charge in [-0.1, -0.05) is 115 Å². The molecule has 0 bridgehead atoms. The summed E-state index contributed by atoms with van der Waals surface area (Å²) in [5.74, 6) is 0. The zero-order valence-electron chi connectivity index (χ0n) is 48.0. The Morgan fingerprint density at radius 3 is 0.909 bits per heavy atom. The fraction of sp³-hybridized carbons (Fsp3) is 0. The lowest BCUT2D eigenvalue weighted by Gasteiger charge is -2.16. The van der Waals surface area contributed by atoms with Crippen molar-refractivity contribution in [2.24, 2.45) is 0 Å². The van der Waals surface area contributed by atoms with Crippen LogP contribution in [-0.2, 0) is 0 Å². The van der Waals surface area contributed by atoms with E-state index in [2.05, 4.69) is 0 Å². The Labute approximate surface area is 291 Å². The smallest absolute Gasteiger partial charge is 0.0622 e. The van der Waals surface area contributed by atoms with E-state index in [1.165, 1.54) is 0 Å². The maximum atomic E-state index is 9.89. The van der Waals surface area contributed by atoms with Gasteiger partial charge in [-0.3, -0.25) is 0 Å². The van der Waals surface area contributed by atoms with E-state index in [1.807, 2.05) is 0 Å². The van der Waals surface area contributed by atoms with Gasteiger partial charge in [0.25, 0.3) is 0 Å². The molecule has 10 aromatic carbocycles. The van der Waals surface area contributed by atoms with Crippen LogP contribution in [0.5, 0.6) is 0 Å². The summed E-state index contributed by atoms with van der Waals surface area (Å²) in [6, 6.07) is -22.0. The Morgan fingerprint density at radius 2 is 0.523 bits per heavy atom. The van der Waals surface area contributed by atoms with Crippen molar-refractivity contribution in [3.05, 3.63) is 157 Å². The van der Waals surface area contributed by atoms with Crippen molar-refractivity contribution < 1.29 is 35.6 Å². The summed E-state index contributed by atoms with van der Waals surface area (Å²) in [7, 11) is 0. The standard InChI is InChI=1S/C44H26/c1-2-6-27(7-3-1)36-24-39(37-20-32-16-12-28-8-4-9-29-13-17-33(21-37)43(32)41(28)29)26-40(25-36)38-22-34-18-14-30-10-5-11-31-15-19-35(23-38)44(34)42(30)31/h1-26H/i1D,2D,3D,4D,5D,6D,7D,8D,9D,10D,11D,12D,13D,14D,15D,16D,17D,18D,19D,20D,21D,22D,23D,24D,25D,26D. The van der Waals surface area contributed by atoms with Crippen LogP contribution in [0.2, 0.25) is 0 Å². The molecule has 0 heteroatoms. The second-order valence-corrected chi connectivity index (χ2v) is 10.0. The van der Waals surface area contributed by atoms with Crippen molar-refractivity contribution in [3.8, 4) is 33.4 Å². The molecule has 0 aromatic heterocycles. The fourth-order valence-electron chi connectivity index (χ4n) is 5.59. The van der Waals surface area contributed by atoms with Gasteiger partial charge in [-0.15, -0.1) is 0 Å². The molecule has 0 N–H and O–H groups in total. The Morgan fingerprint density at radius 1 is 0.227 bits per heavy atom. The van der Waals surface area contributed by atoms with Crippen LogP contribution in [-0.4, -0.2) is 0 Å². The maximum Gasteiger partial charge on any atom is 0.0636 e. The van der Waals surface area contributed by atoms with Crippen LogP contribution in [0.4, 0.5) is 0 Å². The first-order valence-electron chi connectivity index (χ1n) is 26.2. The second-order valence-electron chi connectivity index (χ2n) is 10.0. The van der Waals surface area contributed by atoms with E-state index in [9.17, 15) is 9.60 Å². The number of benzene rings is 10. The fourth-order valence-corrected chi connectivity index (χ4v) is 5.59. The van der Waals surface area contributed by atoms with Crippen molar-refractivity contribution in [2.45, 2.75) is 0 Å². The molecule has 0 saturated carbocycles. The van der Waals surface area contributed by atoms with E-state index in [1.54, 1.807) is 0 Å². The third-order valence-electron chi connectivity index (χ3n) is 7.50. The molecule has 10 aromatic rings.